The van der Waals surface area contributed by atoms with E-state index in [1.54, 1.807) is 4.68 Å². The maximum atomic E-state index is 10.8. The molecule has 0 spiro atoms. The summed E-state index contributed by atoms with van der Waals surface area (Å²) in [6.45, 7) is 1.81. The fraction of sp³-hybridized carbons (Fsp3) is 0.476. The van der Waals surface area contributed by atoms with Crippen molar-refractivity contribution in [3.05, 3.63) is 48.2 Å². The molecule has 30 heavy (non-hydrogen) atoms. The van der Waals surface area contributed by atoms with Crippen LogP contribution < -0.4 is 10.6 Å². The fourth-order valence-corrected chi connectivity index (χ4v) is 3.90. The third-order valence-corrected chi connectivity index (χ3v) is 5.55. The maximum Gasteiger partial charge on any atom is 0.168 e. The van der Waals surface area contributed by atoms with Gasteiger partial charge in [0.25, 0.3) is 0 Å². The zero-order valence-corrected chi connectivity index (χ0v) is 17.0. The number of aromatic nitrogens is 5. The molecule has 3 aromatic heterocycles. The average molecular weight is 409 g/mol. The molecule has 0 aliphatic carbocycles. The number of epoxide rings is 1. The minimum atomic E-state index is -0.963. The largest absolute Gasteiger partial charge is 0.368 e. The van der Waals surface area contributed by atoms with Gasteiger partial charge < -0.3 is 15.2 Å². The Morgan fingerprint density at radius 3 is 3.00 bits per heavy atom. The van der Waals surface area contributed by atoms with Crippen molar-refractivity contribution in [2.45, 2.75) is 50.8 Å². The number of hydrogen-bond acceptors (Lipinski definition) is 7. The number of aliphatic hydroxyl groups is 1. The lowest BCUT2D eigenvalue weighted by Gasteiger charge is -2.14. The van der Waals surface area contributed by atoms with Gasteiger partial charge in [-0.05, 0) is 31.5 Å². The first kappa shape index (κ1) is 19.2. The van der Waals surface area contributed by atoms with Crippen molar-refractivity contribution in [2.75, 3.05) is 11.9 Å². The van der Waals surface area contributed by atoms with Gasteiger partial charge in [0.05, 0.1) is 23.3 Å². The fourth-order valence-electron chi connectivity index (χ4n) is 3.90. The van der Waals surface area contributed by atoms with Crippen LogP contribution in [-0.4, -0.2) is 42.4 Å². The van der Waals surface area contributed by atoms with Crippen LogP contribution in [0.5, 0.6) is 0 Å². The number of nitrogens with one attached hydrogen (secondary N) is 2. The minimum absolute atomic E-state index is 0.0247. The third-order valence-electron chi connectivity index (χ3n) is 5.55. The maximum absolute atomic E-state index is 10.8. The summed E-state index contributed by atoms with van der Waals surface area (Å²) >= 11 is 0. The van der Waals surface area contributed by atoms with Gasteiger partial charge in [-0.1, -0.05) is 18.9 Å². The van der Waals surface area contributed by atoms with Crippen molar-refractivity contribution in [2.24, 2.45) is 7.05 Å². The highest BCUT2D eigenvalue weighted by molar-refractivity contribution is 5.57. The van der Waals surface area contributed by atoms with Crippen LogP contribution in [0.2, 0.25) is 0 Å². The predicted octanol–water partition coefficient (Wildman–Crippen LogP) is 2.34. The average Bonchev–Trinajstić information content (AvgIpc) is 3.17. The lowest BCUT2D eigenvalue weighted by molar-refractivity contribution is 0.203. The van der Waals surface area contributed by atoms with Crippen LogP contribution >= 0.6 is 0 Å². The quantitative estimate of drug-likeness (QED) is 0.490. The van der Waals surface area contributed by atoms with E-state index in [1.165, 1.54) is 12.8 Å². The number of aliphatic hydroxyl groups excluding tert-OH is 1. The number of ether oxygens (including phenoxy) is 1. The van der Waals surface area contributed by atoms with Crippen LogP contribution in [0.3, 0.4) is 0 Å². The van der Waals surface area contributed by atoms with Gasteiger partial charge in [0.2, 0.25) is 0 Å². The van der Waals surface area contributed by atoms with E-state index in [1.807, 2.05) is 48.5 Å². The Bertz CT molecular complexity index is 1010. The summed E-state index contributed by atoms with van der Waals surface area (Å²) < 4.78 is 9.50. The lowest BCUT2D eigenvalue weighted by atomic mass is 10.2. The van der Waals surface area contributed by atoms with E-state index in [0.717, 1.165) is 48.6 Å². The molecule has 158 valence electrons. The van der Waals surface area contributed by atoms with E-state index < -0.39 is 6.23 Å². The Morgan fingerprint density at radius 2 is 2.07 bits per heavy atom. The minimum Gasteiger partial charge on any atom is -0.368 e. The van der Waals surface area contributed by atoms with Crippen LogP contribution in [0.4, 0.5) is 5.69 Å². The summed E-state index contributed by atoms with van der Waals surface area (Å²) in [5, 5.41) is 26.4. The monoisotopic (exact) mass is 409 g/mol. The van der Waals surface area contributed by atoms with E-state index in [0.29, 0.717) is 5.69 Å². The second kappa shape index (κ2) is 8.17. The Morgan fingerprint density at radius 1 is 1.17 bits per heavy atom. The first-order valence-corrected chi connectivity index (χ1v) is 10.5. The Kier molecular flexibility index (Phi) is 5.24. The van der Waals surface area contributed by atoms with Crippen LogP contribution in [-0.2, 0) is 18.3 Å². The molecule has 1 saturated heterocycles. The van der Waals surface area contributed by atoms with Crippen LogP contribution in [0.1, 0.15) is 49.4 Å². The molecule has 9 nitrogen and oxygen atoms in total. The number of pyridine rings is 1. The Balaban J connectivity index is 1.42. The zero-order valence-electron chi connectivity index (χ0n) is 17.0. The van der Waals surface area contributed by atoms with Crippen molar-refractivity contribution < 1.29 is 9.84 Å². The first-order chi connectivity index (χ1) is 14.7. The highest BCUT2D eigenvalue weighted by Crippen LogP contribution is 2.40. The second-order valence-electron chi connectivity index (χ2n) is 7.93. The molecule has 0 amide bonds. The van der Waals surface area contributed by atoms with Crippen molar-refractivity contribution in [3.63, 3.8) is 0 Å². The third kappa shape index (κ3) is 4.09. The molecule has 9 heteroatoms. The predicted molar refractivity (Wildman–Crippen MR) is 111 cm³/mol. The van der Waals surface area contributed by atoms with Crippen molar-refractivity contribution in [3.8, 4) is 11.3 Å². The van der Waals surface area contributed by atoms with Gasteiger partial charge in [-0.3, -0.25) is 14.7 Å². The van der Waals surface area contributed by atoms with Gasteiger partial charge in [-0.15, -0.1) is 0 Å². The summed E-state index contributed by atoms with van der Waals surface area (Å²) in [4.78, 5) is 4.65. The molecule has 0 saturated carbocycles. The first-order valence-electron chi connectivity index (χ1n) is 10.5. The van der Waals surface area contributed by atoms with E-state index >= 15 is 0 Å². The van der Waals surface area contributed by atoms with Crippen molar-refractivity contribution >= 4 is 5.69 Å². The lowest BCUT2D eigenvalue weighted by Crippen LogP contribution is -2.20. The second-order valence-corrected chi connectivity index (χ2v) is 7.93. The van der Waals surface area contributed by atoms with Crippen LogP contribution in [0.25, 0.3) is 11.3 Å². The molecule has 1 fully saturated rings. The number of aryl methyl sites for hydroxylation is 2. The molecule has 2 aliphatic rings. The highest BCUT2D eigenvalue weighted by Gasteiger charge is 2.43. The molecule has 0 aromatic carbocycles. The summed E-state index contributed by atoms with van der Waals surface area (Å²) in [6.07, 6.45) is 9.16. The van der Waals surface area contributed by atoms with E-state index in [4.69, 9.17) is 4.74 Å². The molecular formula is C21H27N7O2. The van der Waals surface area contributed by atoms with Gasteiger partial charge in [0, 0.05) is 31.5 Å². The number of rotatable bonds is 0. The van der Waals surface area contributed by atoms with Crippen LogP contribution in [0, 0.1) is 0 Å². The molecule has 5 rings (SSSR count). The van der Waals surface area contributed by atoms with Gasteiger partial charge in [-0.2, -0.15) is 10.2 Å². The van der Waals surface area contributed by atoms with E-state index in [-0.39, 0.29) is 12.3 Å². The number of hydrogen-bond donors (Lipinski definition) is 3. The van der Waals surface area contributed by atoms with Crippen LogP contribution in [0.15, 0.2) is 36.8 Å². The van der Waals surface area contributed by atoms with Gasteiger partial charge >= 0.3 is 0 Å². The standard InChI is InChI=1S/C21H27N7O2/c1-27-13-17-18(26-27)19-21(30-19)22-9-4-2-3-5-10-28-12-14(11-23-28)15-7-6-8-16(24-15)20(29)25-17/h6-8,11-13,19-22,25,29H,2-5,9-10H2,1H3. The summed E-state index contributed by atoms with van der Waals surface area (Å²) in [6, 6.07) is 5.64. The van der Waals surface area contributed by atoms with Gasteiger partial charge in [-0.25, -0.2) is 4.98 Å². The van der Waals surface area contributed by atoms with Crippen molar-refractivity contribution in [1.29, 1.82) is 0 Å². The van der Waals surface area contributed by atoms with Crippen molar-refractivity contribution in [1.82, 2.24) is 29.9 Å². The number of anilines is 1. The summed E-state index contributed by atoms with van der Waals surface area (Å²) in [7, 11) is 1.86. The van der Waals surface area contributed by atoms with E-state index in [2.05, 4.69) is 25.8 Å². The van der Waals surface area contributed by atoms with Gasteiger partial charge in [0.15, 0.2) is 6.23 Å². The highest BCUT2D eigenvalue weighted by atomic mass is 16.6. The molecule has 0 radical (unpaired) electrons. The SMILES string of the molecule is Cn1cc2c(n1)C1OC1NCCCCCCn1cc(cn1)-c1cccc(n1)C(O)N2. The Labute approximate surface area is 175 Å². The number of nitrogens with zero attached hydrogens (tertiary/aromatic N) is 5. The molecule has 3 N–H and O–H groups in total. The zero-order chi connectivity index (χ0) is 20.5. The molecule has 4 bridgehead atoms. The van der Waals surface area contributed by atoms with E-state index in [9.17, 15) is 5.11 Å². The Hall–Kier alpha value is -2.75. The smallest absolute Gasteiger partial charge is 0.168 e. The molecule has 5 heterocycles. The number of fused-ring (bicyclic) bond motifs is 8. The summed E-state index contributed by atoms with van der Waals surface area (Å²) in [5.41, 5.74) is 3.82. The molecular weight excluding hydrogens is 382 g/mol. The van der Waals surface area contributed by atoms with Gasteiger partial charge in [0.1, 0.15) is 18.0 Å². The topological polar surface area (TPSA) is 105 Å². The molecule has 3 aromatic rings. The molecule has 3 unspecified atom stereocenters. The molecule has 2 aliphatic heterocycles. The summed E-state index contributed by atoms with van der Waals surface area (Å²) in [5.74, 6) is 0. The molecule has 3 atom stereocenters. The normalized spacial score (nSPS) is 24.5.